The Morgan fingerprint density at radius 3 is 2.60 bits per heavy atom. The Balaban J connectivity index is 0.0000001000. The zero-order valence-corrected chi connectivity index (χ0v) is 5.80. The molecule has 0 bridgehead atoms. The first-order valence-electron chi connectivity index (χ1n) is 3.32. The number of ether oxygens (including phenoxy) is 1. The van der Waals surface area contributed by atoms with Crippen molar-refractivity contribution in [2.75, 3.05) is 26.4 Å². The minimum Gasteiger partial charge on any atom is -0.417 e. The largest absolute Gasteiger partial charge is 0.417 e. The van der Waals surface area contributed by atoms with Crippen LogP contribution in [-0.2, 0) is 9.57 Å². The molecule has 0 atom stereocenters. The lowest BCUT2D eigenvalue weighted by Crippen LogP contribution is -2.05. The third-order valence-corrected chi connectivity index (χ3v) is 1.08. The first-order valence-corrected chi connectivity index (χ1v) is 3.32. The SMILES string of the molecule is C1=CONC1.C1COCN1. The highest BCUT2D eigenvalue weighted by Gasteiger charge is 1.92. The molecule has 2 N–H and O–H groups in total. The van der Waals surface area contributed by atoms with E-state index in [2.05, 4.69) is 15.6 Å². The number of rotatable bonds is 0. The van der Waals surface area contributed by atoms with E-state index in [0.29, 0.717) is 0 Å². The predicted molar refractivity (Wildman–Crippen MR) is 37.0 cm³/mol. The molecule has 1 fully saturated rings. The lowest BCUT2D eigenvalue weighted by molar-refractivity contribution is 0.168. The molecule has 4 nitrogen and oxygen atoms in total. The van der Waals surface area contributed by atoms with Gasteiger partial charge in [0.15, 0.2) is 0 Å². The summed E-state index contributed by atoms with van der Waals surface area (Å²) in [5.74, 6) is 0. The highest BCUT2D eigenvalue weighted by atomic mass is 16.6. The number of nitrogens with one attached hydrogen (secondary N) is 2. The summed E-state index contributed by atoms with van der Waals surface area (Å²) < 4.78 is 4.83. The quantitative estimate of drug-likeness (QED) is 0.485. The molecule has 10 heavy (non-hydrogen) atoms. The van der Waals surface area contributed by atoms with Crippen LogP contribution in [0.4, 0.5) is 0 Å². The van der Waals surface area contributed by atoms with Gasteiger partial charge in [0.2, 0.25) is 0 Å². The first-order chi connectivity index (χ1) is 5.00. The average molecular weight is 144 g/mol. The van der Waals surface area contributed by atoms with Gasteiger partial charge in [-0.3, -0.25) is 5.32 Å². The smallest absolute Gasteiger partial charge is 0.108 e. The van der Waals surface area contributed by atoms with Gasteiger partial charge in [0.25, 0.3) is 0 Å². The zero-order valence-electron chi connectivity index (χ0n) is 5.80. The Labute approximate surface area is 60.1 Å². The fraction of sp³-hybridized carbons (Fsp3) is 0.667. The van der Waals surface area contributed by atoms with Crippen LogP contribution in [0.3, 0.4) is 0 Å². The number of hydrogen-bond acceptors (Lipinski definition) is 4. The number of hydrogen-bond donors (Lipinski definition) is 2. The monoisotopic (exact) mass is 144 g/mol. The lowest BCUT2D eigenvalue weighted by Gasteiger charge is -1.82. The second-order valence-electron chi connectivity index (χ2n) is 1.89. The fourth-order valence-corrected chi connectivity index (χ4v) is 0.601. The van der Waals surface area contributed by atoms with Crippen LogP contribution in [0, 0.1) is 0 Å². The first kappa shape index (κ1) is 7.53. The number of hydroxylamine groups is 1. The Kier molecular flexibility index (Phi) is 3.93. The van der Waals surface area contributed by atoms with Crippen LogP contribution in [0.2, 0.25) is 0 Å². The van der Waals surface area contributed by atoms with Crippen LogP contribution >= 0.6 is 0 Å². The van der Waals surface area contributed by atoms with E-state index in [1.807, 2.05) is 6.08 Å². The predicted octanol–water partition coefficient (Wildman–Crippen LogP) is -0.401. The Hall–Kier alpha value is -0.580. The topological polar surface area (TPSA) is 42.5 Å². The summed E-state index contributed by atoms with van der Waals surface area (Å²) in [6.45, 7) is 3.51. The van der Waals surface area contributed by atoms with Gasteiger partial charge in [-0.05, 0) is 6.08 Å². The minimum atomic E-state index is 0.750. The van der Waals surface area contributed by atoms with Gasteiger partial charge in [0.05, 0.1) is 19.9 Å². The molecule has 58 valence electrons. The van der Waals surface area contributed by atoms with Crippen molar-refractivity contribution in [3.05, 3.63) is 12.3 Å². The van der Waals surface area contributed by atoms with Crippen LogP contribution in [-0.4, -0.2) is 26.4 Å². The van der Waals surface area contributed by atoms with Crippen molar-refractivity contribution >= 4 is 0 Å². The normalized spacial score (nSPS) is 21.6. The van der Waals surface area contributed by atoms with Crippen molar-refractivity contribution in [3.63, 3.8) is 0 Å². The van der Waals surface area contributed by atoms with Crippen molar-refractivity contribution in [2.24, 2.45) is 0 Å². The Bertz CT molecular complexity index is 88.3. The van der Waals surface area contributed by atoms with Gasteiger partial charge in [-0.15, -0.1) is 0 Å². The zero-order chi connectivity index (χ0) is 7.07. The van der Waals surface area contributed by atoms with Crippen LogP contribution < -0.4 is 10.8 Å². The molecule has 0 aliphatic carbocycles. The van der Waals surface area contributed by atoms with Crippen LogP contribution in [0.5, 0.6) is 0 Å². The van der Waals surface area contributed by atoms with E-state index in [0.717, 1.165) is 26.4 Å². The molecular weight excluding hydrogens is 132 g/mol. The van der Waals surface area contributed by atoms with E-state index < -0.39 is 0 Å². The summed E-state index contributed by atoms with van der Waals surface area (Å²) in [4.78, 5) is 4.51. The molecule has 0 unspecified atom stereocenters. The van der Waals surface area contributed by atoms with Gasteiger partial charge >= 0.3 is 0 Å². The summed E-state index contributed by atoms with van der Waals surface area (Å²) in [6.07, 6.45) is 3.53. The van der Waals surface area contributed by atoms with Gasteiger partial charge in [0.1, 0.15) is 6.26 Å². The van der Waals surface area contributed by atoms with Crippen LogP contribution in [0.1, 0.15) is 0 Å². The Morgan fingerprint density at radius 2 is 2.40 bits per heavy atom. The molecule has 0 amide bonds. The van der Waals surface area contributed by atoms with Crippen molar-refractivity contribution in [2.45, 2.75) is 0 Å². The summed E-state index contributed by atoms with van der Waals surface area (Å²) in [7, 11) is 0. The summed E-state index contributed by atoms with van der Waals surface area (Å²) in [6, 6.07) is 0. The summed E-state index contributed by atoms with van der Waals surface area (Å²) in [5.41, 5.74) is 2.61. The maximum atomic E-state index is 4.83. The highest BCUT2D eigenvalue weighted by Crippen LogP contribution is 1.77. The molecule has 0 aromatic heterocycles. The van der Waals surface area contributed by atoms with Crippen molar-refractivity contribution in [3.8, 4) is 0 Å². The van der Waals surface area contributed by atoms with E-state index in [9.17, 15) is 0 Å². The lowest BCUT2D eigenvalue weighted by atomic mass is 10.7. The molecule has 2 heterocycles. The molecule has 0 aromatic rings. The minimum absolute atomic E-state index is 0.750. The summed E-state index contributed by atoms with van der Waals surface area (Å²) >= 11 is 0. The Morgan fingerprint density at radius 1 is 1.40 bits per heavy atom. The molecular formula is C6H12N2O2. The van der Waals surface area contributed by atoms with Crippen LogP contribution in [0.15, 0.2) is 12.3 Å². The van der Waals surface area contributed by atoms with Gasteiger partial charge in [0, 0.05) is 6.54 Å². The fourth-order valence-electron chi connectivity index (χ4n) is 0.601. The maximum Gasteiger partial charge on any atom is 0.108 e. The van der Waals surface area contributed by atoms with E-state index in [1.54, 1.807) is 6.26 Å². The van der Waals surface area contributed by atoms with E-state index in [-0.39, 0.29) is 0 Å². The van der Waals surface area contributed by atoms with E-state index >= 15 is 0 Å². The molecule has 0 saturated carbocycles. The molecule has 0 radical (unpaired) electrons. The molecule has 2 aliphatic heterocycles. The van der Waals surface area contributed by atoms with Crippen molar-refractivity contribution < 1.29 is 9.57 Å². The second kappa shape index (κ2) is 5.22. The summed E-state index contributed by atoms with van der Waals surface area (Å²) in [5, 5.41) is 3.00. The average Bonchev–Trinajstić information content (AvgIpc) is 2.67. The van der Waals surface area contributed by atoms with E-state index in [1.165, 1.54) is 0 Å². The van der Waals surface area contributed by atoms with Gasteiger partial charge < -0.3 is 9.57 Å². The molecule has 1 saturated heterocycles. The van der Waals surface area contributed by atoms with Crippen molar-refractivity contribution in [1.29, 1.82) is 0 Å². The maximum absolute atomic E-state index is 4.83. The van der Waals surface area contributed by atoms with Gasteiger partial charge in [-0.1, -0.05) is 0 Å². The third kappa shape index (κ3) is 3.45. The molecule has 0 aromatic carbocycles. The molecule has 0 spiro atoms. The van der Waals surface area contributed by atoms with E-state index in [4.69, 9.17) is 4.74 Å². The molecule has 2 rings (SSSR count). The van der Waals surface area contributed by atoms with Gasteiger partial charge in [-0.25, -0.2) is 0 Å². The third-order valence-electron chi connectivity index (χ3n) is 1.08. The molecule has 2 aliphatic rings. The van der Waals surface area contributed by atoms with Crippen LogP contribution in [0.25, 0.3) is 0 Å². The molecule has 4 heteroatoms. The highest BCUT2D eigenvalue weighted by molar-refractivity contribution is 4.78. The van der Waals surface area contributed by atoms with Crippen molar-refractivity contribution in [1.82, 2.24) is 10.8 Å². The standard InChI is InChI=1S/C3H7NO.C3H5NO/c1-2-5-3-4-1;1-2-4-5-3-1/h4H,1-3H2;1,3-4H,2H2. The second-order valence-corrected chi connectivity index (χ2v) is 1.89. The van der Waals surface area contributed by atoms with Gasteiger partial charge in [-0.2, -0.15) is 5.48 Å².